The van der Waals surface area contributed by atoms with E-state index in [1.165, 1.54) is 18.2 Å². The Morgan fingerprint density at radius 3 is 2.52 bits per heavy atom. The zero-order chi connectivity index (χ0) is 20.8. The second kappa shape index (κ2) is 7.47. The number of hydrogen-bond acceptors (Lipinski definition) is 3. The number of benzene rings is 1. The molecule has 0 spiro atoms. The summed E-state index contributed by atoms with van der Waals surface area (Å²) < 4.78 is 28.7. The molecule has 4 nitrogen and oxygen atoms in total. The molecule has 0 unspecified atom stereocenters. The van der Waals surface area contributed by atoms with Gasteiger partial charge in [-0.15, -0.1) is 0 Å². The number of nitrogens with zero attached hydrogens (tertiary/aromatic N) is 2. The van der Waals surface area contributed by atoms with Crippen molar-refractivity contribution in [2.24, 2.45) is 11.8 Å². The van der Waals surface area contributed by atoms with Gasteiger partial charge in [-0.05, 0) is 60.8 Å². The third kappa shape index (κ3) is 3.43. The van der Waals surface area contributed by atoms with E-state index in [2.05, 4.69) is 36.3 Å². The Balaban J connectivity index is 1.82. The van der Waals surface area contributed by atoms with E-state index < -0.39 is 11.6 Å². The maximum Gasteiger partial charge on any atom is 0.220 e. The molecule has 3 atom stereocenters. The summed E-state index contributed by atoms with van der Waals surface area (Å²) in [6, 6.07) is 5.68. The molecule has 4 rings (SSSR count). The molecule has 0 bridgehead atoms. The Kier molecular flexibility index (Phi) is 5.13. The van der Waals surface area contributed by atoms with Gasteiger partial charge in [0.1, 0.15) is 11.6 Å². The molecule has 1 aliphatic carbocycles. The first-order valence-corrected chi connectivity index (χ1v) is 10.4. The van der Waals surface area contributed by atoms with Gasteiger partial charge in [0.25, 0.3) is 0 Å². The monoisotopic (exact) mass is 399 g/mol. The topological polar surface area (TPSA) is 54.9 Å². The van der Waals surface area contributed by atoms with Crippen molar-refractivity contribution in [1.82, 2.24) is 15.5 Å². The Labute approximate surface area is 170 Å². The zero-order valence-corrected chi connectivity index (χ0v) is 17.1. The summed E-state index contributed by atoms with van der Waals surface area (Å²) in [5.74, 6) is -0.246. The Morgan fingerprint density at radius 2 is 1.90 bits per heavy atom. The van der Waals surface area contributed by atoms with E-state index in [0.717, 1.165) is 30.5 Å². The average Bonchev–Trinajstić information content (AvgIpc) is 2.68. The number of carbonyl (C=O) groups is 1. The van der Waals surface area contributed by atoms with Gasteiger partial charge in [-0.2, -0.15) is 10.2 Å². The fourth-order valence-corrected chi connectivity index (χ4v) is 5.09. The number of halogens is 2. The molecule has 0 radical (unpaired) electrons. The number of amides is 1. The average molecular weight is 399 g/mol. The van der Waals surface area contributed by atoms with Gasteiger partial charge in [-0.25, -0.2) is 8.78 Å². The van der Waals surface area contributed by atoms with Crippen molar-refractivity contribution in [1.29, 1.82) is 0 Å². The first kappa shape index (κ1) is 19.9. The lowest BCUT2D eigenvalue weighted by Gasteiger charge is -2.45. The fraction of sp³-hybridized carbons (Fsp3) is 0.522. The number of carbonyl (C=O) groups excluding carboxylic acids is 1. The molecule has 2 aromatic rings. The summed E-state index contributed by atoms with van der Waals surface area (Å²) in [4.78, 5) is 11.6. The van der Waals surface area contributed by atoms with Gasteiger partial charge in [0, 0.05) is 18.4 Å². The quantitative estimate of drug-likeness (QED) is 0.811. The molecule has 29 heavy (non-hydrogen) atoms. The van der Waals surface area contributed by atoms with E-state index in [1.807, 2.05) is 6.07 Å². The molecule has 1 aliphatic heterocycles. The highest BCUT2D eigenvalue weighted by molar-refractivity contribution is 5.76. The number of aromatic nitrogens is 2. The maximum atomic E-state index is 14.4. The lowest BCUT2D eigenvalue weighted by molar-refractivity contribution is -0.123. The van der Waals surface area contributed by atoms with Gasteiger partial charge in [0.15, 0.2) is 0 Å². The Morgan fingerprint density at radius 1 is 1.17 bits per heavy atom. The number of fused-ring (bicyclic) bond motifs is 1. The van der Waals surface area contributed by atoms with Gasteiger partial charge in [0.2, 0.25) is 5.91 Å². The Hall–Kier alpha value is -2.37. The van der Waals surface area contributed by atoms with Crippen LogP contribution in [0.25, 0.3) is 11.3 Å². The molecule has 0 saturated carbocycles. The van der Waals surface area contributed by atoms with Crippen LogP contribution in [0.5, 0.6) is 0 Å². The van der Waals surface area contributed by atoms with E-state index in [0.29, 0.717) is 18.9 Å². The van der Waals surface area contributed by atoms with Crippen molar-refractivity contribution in [2.75, 3.05) is 6.54 Å². The molecule has 2 aliphatic rings. The third-order valence-electron chi connectivity index (χ3n) is 6.93. The molecule has 2 heterocycles. The van der Waals surface area contributed by atoms with Crippen LogP contribution in [0.1, 0.15) is 63.6 Å². The van der Waals surface area contributed by atoms with Crippen LogP contribution in [0.2, 0.25) is 0 Å². The van der Waals surface area contributed by atoms with E-state index in [-0.39, 0.29) is 34.4 Å². The number of rotatable bonds is 3. The van der Waals surface area contributed by atoms with Crippen LogP contribution in [-0.4, -0.2) is 22.6 Å². The summed E-state index contributed by atoms with van der Waals surface area (Å²) in [6.45, 7) is 7.17. The van der Waals surface area contributed by atoms with Crippen molar-refractivity contribution in [3.8, 4) is 11.3 Å². The van der Waals surface area contributed by atoms with Crippen molar-refractivity contribution in [3.63, 3.8) is 0 Å². The highest BCUT2D eigenvalue weighted by Crippen LogP contribution is 2.50. The molecule has 1 aromatic heterocycles. The van der Waals surface area contributed by atoms with Gasteiger partial charge < -0.3 is 5.32 Å². The molecule has 154 valence electrons. The maximum absolute atomic E-state index is 14.4. The predicted octanol–water partition coefficient (Wildman–Crippen LogP) is 4.74. The molecule has 1 amide bonds. The highest BCUT2D eigenvalue weighted by Gasteiger charge is 2.45. The minimum absolute atomic E-state index is 0.0948. The number of nitrogens with one attached hydrogen (secondary N) is 1. The minimum Gasteiger partial charge on any atom is -0.356 e. The van der Waals surface area contributed by atoms with Crippen molar-refractivity contribution in [3.05, 3.63) is 47.2 Å². The summed E-state index contributed by atoms with van der Waals surface area (Å²) >= 11 is 0. The molecule has 1 aromatic carbocycles. The lowest BCUT2D eigenvalue weighted by atomic mass is 9.61. The van der Waals surface area contributed by atoms with Gasteiger partial charge in [-0.1, -0.05) is 26.8 Å². The molecular formula is C23H27F2N3O. The van der Waals surface area contributed by atoms with Crippen molar-refractivity contribution < 1.29 is 13.6 Å². The van der Waals surface area contributed by atoms with E-state index in [1.54, 1.807) is 0 Å². The first-order valence-electron chi connectivity index (χ1n) is 10.4. The second-order valence-corrected chi connectivity index (χ2v) is 8.98. The molecule has 1 fully saturated rings. The highest BCUT2D eigenvalue weighted by atomic mass is 19.1. The summed E-state index contributed by atoms with van der Waals surface area (Å²) in [7, 11) is 0. The summed E-state index contributed by atoms with van der Waals surface area (Å²) in [5.41, 5.74) is 1.87. The predicted molar refractivity (Wildman–Crippen MR) is 107 cm³/mol. The van der Waals surface area contributed by atoms with Gasteiger partial charge in [-0.3, -0.25) is 4.79 Å². The number of piperidine rings is 1. The zero-order valence-electron chi connectivity index (χ0n) is 17.1. The summed E-state index contributed by atoms with van der Waals surface area (Å²) in [5, 5.41) is 11.8. The fourth-order valence-electron chi connectivity index (χ4n) is 5.09. The first-order chi connectivity index (χ1) is 13.8. The second-order valence-electron chi connectivity index (χ2n) is 8.98. The van der Waals surface area contributed by atoms with Crippen LogP contribution < -0.4 is 5.32 Å². The molecule has 1 saturated heterocycles. The largest absolute Gasteiger partial charge is 0.356 e. The molecular weight excluding hydrogens is 372 g/mol. The third-order valence-corrected chi connectivity index (χ3v) is 6.93. The molecule has 1 N–H and O–H groups in total. The molecule has 6 heteroatoms. The van der Waals surface area contributed by atoms with E-state index in [4.69, 9.17) is 0 Å². The van der Waals surface area contributed by atoms with Gasteiger partial charge >= 0.3 is 0 Å². The Bertz CT molecular complexity index is 915. The summed E-state index contributed by atoms with van der Waals surface area (Å²) in [6.07, 6.45) is 3.29. The standard InChI is InChI=1S/C23H27F2N3O/c1-13(2)15-9-10-23(3,14-7-8-20(29)26-12-14)22-16(15)11-19(27-28-22)21-17(24)5-4-6-18(21)25/h4-6,11,13-15H,7-10,12H2,1-3H3,(H,26,29)/t14-,15+,23+/m0/s1. The van der Waals surface area contributed by atoms with Gasteiger partial charge in [0.05, 0.1) is 17.0 Å². The van der Waals surface area contributed by atoms with Crippen LogP contribution in [0.3, 0.4) is 0 Å². The van der Waals surface area contributed by atoms with Crippen LogP contribution in [0.4, 0.5) is 8.78 Å². The van der Waals surface area contributed by atoms with Crippen LogP contribution >= 0.6 is 0 Å². The SMILES string of the molecule is CC(C)[C@H]1CC[C@](C)([C@H]2CCC(=O)NC2)c2nnc(-c3c(F)cccc3F)cc21. The lowest BCUT2D eigenvalue weighted by Crippen LogP contribution is -2.47. The van der Waals surface area contributed by atoms with Crippen LogP contribution in [0.15, 0.2) is 24.3 Å². The van der Waals surface area contributed by atoms with Crippen molar-refractivity contribution >= 4 is 5.91 Å². The van der Waals surface area contributed by atoms with Crippen molar-refractivity contribution in [2.45, 2.75) is 57.8 Å². The van der Waals surface area contributed by atoms with Crippen LogP contribution in [0, 0.1) is 23.5 Å². The van der Waals surface area contributed by atoms with E-state index in [9.17, 15) is 13.6 Å². The normalized spacial score (nSPS) is 26.9. The smallest absolute Gasteiger partial charge is 0.220 e. The number of hydrogen-bond donors (Lipinski definition) is 1. The van der Waals surface area contributed by atoms with E-state index >= 15 is 0 Å². The van der Waals surface area contributed by atoms with Crippen LogP contribution in [-0.2, 0) is 10.2 Å². The minimum atomic E-state index is -0.631.